The number of halogens is 4. The summed E-state index contributed by atoms with van der Waals surface area (Å²) >= 11 is 5.85. The minimum Gasteiger partial charge on any atom is -0.387 e. The molecule has 3 aromatic rings. The largest absolute Gasteiger partial charge is 0.387 e. The maximum Gasteiger partial charge on any atom is 0.168 e. The summed E-state index contributed by atoms with van der Waals surface area (Å²) in [4.78, 5) is 18.2. The van der Waals surface area contributed by atoms with E-state index in [1.54, 1.807) is 0 Å². The standard InChI is InChI=1S/C12H17ClN2O.C12H6F3NO/c1-14-11-8-15-6-5-10(11)12-4-2-3-9(7-13)16-12;13-8-2-1-3-9(14)11(8)12-10(15)5-4-7(6-17)16-12/h5-6,8-9,12,14H,2-4,7H2,1H3;1-6H. The summed E-state index contributed by atoms with van der Waals surface area (Å²) in [5.41, 5.74) is 1.05. The number of hydrogen-bond donors (Lipinski definition) is 1. The van der Waals surface area contributed by atoms with Gasteiger partial charge in [-0.15, -0.1) is 11.6 Å². The molecule has 2 unspecified atom stereocenters. The number of nitrogens with zero attached hydrogens (tertiary/aromatic N) is 2. The van der Waals surface area contributed by atoms with Crippen LogP contribution in [0.3, 0.4) is 0 Å². The topological polar surface area (TPSA) is 64.1 Å². The molecule has 5 nitrogen and oxygen atoms in total. The zero-order valence-corrected chi connectivity index (χ0v) is 18.7. The molecule has 0 aliphatic carbocycles. The van der Waals surface area contributed by atoms with Crippen LogP contribution < -0.4 is 5.32 Å². The fraction of sp³-hybridized carbons (Fsp3) is 0.292. The number of carbonyl (C=O) groups excluding carboxylic acids is 1. The maximum absolute atomic E-state index is 13.4. The Morgan fingerprint density at radius 2 is 1.88 bits per heavy atom. The number of anilines is 1. The van der Waals surface area contributed by atoms with Crippen molar-refractivity contribution in [3.05, 3.63) is 77.5 Å². The Morgan fingerprint density at radius 3 is 2.55 bits per heavy atom. The van der Waals surface area contributed by atoms with E-state index in [-0.39, 0.29) is 17.9 Å². The molecule has 0 spiro atoms. The fourth-order valence-corrected chi connectivity index (χ4v) is 3.79. The normalized spacial score (nSPS) is 17.6. The highest BCUT2D eigenvalue weighted by atomic mass is 35.5. The summed E-state index contributed by atoms with van der Waals surface area (Å²) in [5.74, 6) is -2.17. The molecule has 1 saturated heterocycles. The van der Waals surface area contributed by atoms with Gasteiger partial charge in [-0.05, 0) is 49.6 Å². The summed E-state index contributed by atoms with van der Waals surface area (Å²) in [6.07, 6.45) is 7.68. The van der Waals surface area contributed by atoms with Crippen molar-refractivity contribution in [1.29, 1.82) is 0 Å². The maximum atomic E-state index is 13.4. The minimum atomic E-state index is -0.931. The van der Waals surface area contributed by atoms with Crippen molar-refractivity contribution in [2.24, 2.45) is 0 Å². The first kappa shape index (κ1) is 24.7. The number of alkyl halides is 1. The molecule has 0 amide bonds. The van der Waals surface area contributed by atoms with Crippen molar-refractivity contribution in [1.82, 2.24) is 9.97 Å². The van der Waals surface area contributed by atoms with Gasteiger partial charge in [-0.25, -0.2) is 18.2 Å². The molecule has 1 N–H and O–H groups in total. The molecule has 0 bridgehead atoms. The first-order valence-electron chi connectivity index (χ1n) is 10.4. The fourth-order valence-electron chi connectivity index (χ4n) is 3.56. The van der Waals surface area contributed by atoms with Gasteiger partial charge in [0.05, 0.1) is 29.7 Å². The van der Waals surface area contributed by atoms with Gasteiger partial charge in [0.1, 0.15) is 28.8 Å². The van der Waals surface area contributed by atoms with Gasteiger partial charge >= 0.3 is 0 Å². The first-order chi connectivity index (χ1) is 16.0. The van der Waals surface area contributed by atoms with Gasteiger partial charge in [0.25, 0.3) is 0 Å². The van der Waals surface area contributed by atoms with Crippen molar-refractivity contribution in [3.63, 3.8) is 0 Å². The Balaban J connectivity index is 0.000000186. The number of nitrogens with one attached hydrogen (secondary N) is 1. The second-order valence-corrected chi connectivity index (χ2v) is 7.63. The molecule has 1 aliphatic rings. The SMILES string of the molecule is CNc1cnccc1C1CCCC(CCl)O1.O=Cc1ccc(F)c(-c2c(F)cccc2F)n1. The van der Waals surface area contributed by atoms with Crippen LogP contribution in [-0.4, -0.2) is 35.3 Å². The highest BCUT2D eigenvalue weighted by Crippen LogP contribution is 2.34. The third-order valence-corrected chi connectivity index (χ3v) is 5.52. The molecule has 33 heavy (non-hydrogen) atoms. The molecule has 0 radical (unpaired) electrons. The molecule has 3 heterocycles. The van der Waals surface area contributed by atoms with E-state index in [1.807, 2.05) is 25.5 Å². The average molecular weight is 478 g/mol. The molecule has 1 aliphatic heterocycles. The van der Waals surface area contributed by atoms with Crippen molar-refractivity contribution in [2.45, 2.75) is 31.5 Å². The lowest BCUT2D eigenvalue weighted by molar-refractivity contribution is -0.0393. The second-order valence-electron chi connectivity index (χ2n) is 7.33. The zero-order chi connectivity index (χ0) is 23.8. The molecule has 2 aromatic heterocycles. The number of aldehydes is 1. The third-order valence-electron chi connectivity index (χ3n) is 5.18. The smallest absolute Gasteiger partial charge is 0.168 e. The van der Waals surface area contributed by atoms with Crippen LogP contribution in [0.15, 0.2) is 48.8 Å². The lowest BCUT2D eigenvalue weighted by Gasteiger charge is -2.30. The summed E-state index contributed by atoms with van der Waals surface area (Å²) in [6, 6.07) is 7.24. The quantitative estimate of drug-likeness (QED) is 0.363. The predicted molar refractivity (Wildman–Crippen MR) is 121 cm³/mol. The van der Waals surface area contributed by atoms with E-state index in [4.69, 9.17) is 16.3 Å². The minimum absolute atomic E-state index is 0.0935. The molecule has 0 saturated carbocycles. The number of ether oxygens (including phenoxy) is 1. The van der Waals surface area contributed by atoms with E-state index in [2.05, 4.69) is 15.3 Å². The van der Waals surface area contributed by atoms with Gasteiger partial charge in [-0.1, -0.05) is 6.07 Å². The highest BCUT2D eigenvalue weighted by Gasteiger charge is 2.24. The van der Waals surface area contributed by atoms with Crippen molar-refractivity contribution in [2.75, 3.05) is 18.2 Å². The van der Waals surface area contributed by atoms with E-state index in [0.29, 0.717) is 12.2 Å². The predicted octanol–water partition coefficient (Wildman–Crippen LogP) is 5.95. The summed E-state index contributed by atoms with van der Waals surface area (Å²) < 4.78 is 46.2. The van der Waals surface area contributed by atoms with E-state index >= 15 is 0 Å². The lowest BCUT2D eigenvalue weighted by Crippen LogP contribution is -2.24. The van der Waals surface area contributed by atoms with Gasteiger partial charge in [0.2, 0.25) is 0 Å². The van der Waals surface area contributed by atoms with Gasteiger partial charge in [0, 0.05) is 24.7 Å². The van der Waals surface area contributed by atoms with E-state index < -0.39 is 28.7 Å². The third kappa shape index (κ3) is 6.09. The Kier molecular flexibility index (Phi) is 8.79. The van der Waals surface area contributed by atoms with Crippen LogP contribution in [0.2, 0.25) is 0 Å². The lowest BCUT2D eigenvalue weighted by atomic mass is 9.98. The van der Waals surface area contributed by atoms with Crippen LogP contribution in [0, 0.1) is 17.5 Å². The molecule has 2 atom stereocenters. The Morgan fingerprint density at radius 1 is 1.12 bits per heavy atom. The van der Waals surface area contributed by atoms with Gasteiger partial charge < -0.3 is 10.1 Å². The number of rotatable bonds is 5. The Bertz CT molecular complexity index is 1080. The van der Waals surface area contributed by atoms with Crippen molar-refractivity contribution < 1.29 is 22.7 Å². The molecule has 174 valence electrons. The number of hydrogen-bond acceptors (Lipinski definition) is 5. The van der Waals surface area contributed by atoms with Crippen molar-refractivity contribution >= 4 is 23.6 Å². The Labute approximate surface area is 195 Å². The molecule has 1 fully saturated rings. The Hall–Kier alpha value is -2.97. The molecular formula is C24H23ClF3N3O2. The molecule has 9 heteroatoms. The van der Waals surface area contributed by atoms with Crippen LogP contribution in [0.1, 0.15) is 41.4 Å². The number of pyridine rings is 2. The van der Waals surface area contributed by atoms with Crippen molar-refractivity contribution in [3.8, 4) is 11.3 Å². The number of benzene rings is 1. The highest BCUT2D eigenvalue weighted by molar-refractivity contribution is 6.18. The average Bonchev–Trinajstić information content (AvgIpc) is 2.85. The molecular weight excluding hydrogens is 455 g/mol. The summed E-state index contributed by atoms with van der Waals surface area (Å²) in [7, 11) is 1.91. The molecule has 1 aromatic carbocycles. The van der Waals surface area contributed by atoms with Crippen LogP contribution in [-0.2, 0) is 4.74 Å². The van der Waals surface area contributed by atoms with Crippen LogP contribution in [0.4, 0.5) is 18.9 Å². The second kappa shape index (κ2) is 11.8. The van der Waals surface area contributed by atoms with Crippen LogP contribution in [0.5, 0.6) is 0 Å². The van der Waals surface area contributed by atoms with Crippen LogP contribution >= 0.6 is 11.6 Å². The van der Waals surface area contributed by atoms with Gasteiger partial charge in [0.15, 0.2) is 6.29 Å². The van der Waals surface area contributed by atoms with Crippen LogP contribution in [0.25, 0.3) is 11.3 Å². The van der Waals surface area contributed by atoms with E-state index in [9.17, 15) is 18.0 Å². The molecule has 4 rings (SSSR count). The van der Waals surface area contributed by atoms with E-state index in [1.165, 1.54) is 12.0 Å². The number of aromatic nitrogens is 2. The monoisotopic (exact) mass is 477 g/mol. The van der Waals surface area contributed by atoms with Gasteiger partial charge in [-0.3, -0.25) is 9.78 Å². The first-order valence-corrected chi connectivity index (χ1v) is 10.9. The zero-order valence-electron chi connectivity index (χ0n) is 17.9. The number of carbonyl (C=O) groups is 1. The van der Waals surface area contributed by atoms with Gasteiger partial charge in [-0.2, -0.15) is 0 Å². The summed E-state index contributed by atoms with van der Waals surface area (Å²) in [5, 5.41) is 3.15. The van der Waals surface area contributed by atoms with E-state index in [0.717, 1.165) is 48.9 Å². The summed E-state index contributed by atoms with van der Waals surface area (Å²) in [6.45, 7) is 0.